The lowest BCUT2D eigenvalue weighted by Gasteiger charge is -2.18. The van der Waals surface area contributed by atoms with Gasteiger partial charge in [-0.05, 0) is 42.8 Å². The second-order valence-corrected chi connectivity index (χ2v) is 6.75. The molecule has 1 aliphatic rings. The highest BCUT2D eigenvalue weighted by Crippen LogP contribution is 2.33. The molecule has 1 saturated heterocycles. The summed E-state index contributed by atoms with van der Waals surface area (Å²) in [6.45, 7) is 2.79. The molecule has 154 valence electrons. The van der Waals surface area contributed by atoms with Crippen LogP contribution in [0.5, 0.6) is 5.75 Å². The number of rotatable bonds is 6. The topological polar surface area (TPSA) is 58.6 Å². The summed E-state index contributed by atoms with van der Waals surface area (Å²) < 4.78 is 44.1. The molecule has 1 atom stereocenters. The van der Waals surface area contributed by atoms with E-state index < -0.39 is 17.7 Å². The SMILES string of the molecule is CCOc1ccc(CNC(=O)[C@H]2CC(=O)N(c3cccc(C(F)(F)F)c3)C2)cc1. The number of amides is 2. The molecule has 0 bridgehead atoms. The fraction of sp³-hybridized carbons (Fsp3) is 0.333. The number of nitrogens with zero attached hydrogens (tertiary/aromatic N) is 1. The lowest BCUT2D eigenvalue weighted by molar-refractivity contribution is -0.137. The van der Waals surface area contributed by atoms with Gasteiger partial charge in [-0.1, -0.05) is 18.2 Å². The second-order valence-electron chi connectivity index (χ2n) is 6.75. The van der Waals surface area contributed by atoms with Gasteiger partial charge in [0.2, 0.25) is 11.8 Å². The van der Waals surface area contributed by atoms with Gasteiger partial charge in [0.1, 0.15) is 5.75 Å². The van der Waals surface area contributed by atoms with Crippen molar-refractivity contribution in [3.8, 4) is 5.75 Å². The lowest BCUT2D eigenvalue weighted by Crippen LogP contribution is -2.32. The van der Waals surface area contributed by atoms with E-state index in [0.29, 0.717) is 13.2 Å². The zero-order valence-electron chi connectivity index (χ0n) is 15.8. The summed E-state index contributed by atoms with van der Waals surface area (Å²) in [5, 5.41) is 2.78. The Balaban J connectivity index is 1.60. The van der Waals surface area contributed by atoms with Crippen molar-refractivity contribution in [2.24, 2.45) is 5.92 Å². The minimum absolute atomic E-state index is 0.0364. The average molecular weight is 406 g/mol. The van der Waals surface area contributed by atoms with Crippen LogP contribution in [0.3, 0.4) is 0 Å². The molecule has 2 amide bonds. The molecule has 1 heterocycles. The molecular formula is C21H21F3N2O3. The summed E-state index contributed by atoms with van der Waals surface area (Å²) in [7, 11) is 0. The first-order valence-electron chi connectivity index (χ1n) is 9.25. The van der Waals surface area contributed by atoms with E-state index in [1.165, 1.54) is 17.0 Å². The van der Waals surface area contributed by atoms with Crippen molar-refractivity contribution < 1.29 is 27.5 Å². The van der Waals surface area contributed by atoms with Crippen LogP contribution in [0.25, 0.3) is 0 Å². The Morgan fingerprint density at radius 1 is 1.21 bits per heavy atom. The van der Waals surface area contributed by atoms with Crippen LogP contribution < -0.4 is 15.0 Å². The van der Waals surface area contributed by atoms with Crippen LogP contribution in [-0.4, -0.2) is 25.0 Å². The van der Waals surface area contributed by atoms with Crippen molar-refractivity contribution in [2.45, 2.75) is 26.1 Å². The largest absolute Gasteiger partial charge is 0.494 e. The third kappa shape index (κ3) is 5.07. The number of carbonyl (C=O) groups excluding carboxylic acids is 2. The normalized spacial score (nSPS) is 16.8. The van der Waals surface area contributed by atoms with Crippen LogP contribution in [0.2, 0.25) is 0 Å². The number of carbonyl (C=O) groups is 2. The van der Waals surface area contributed by atoms with E-state index in [2.05, 4.69) is 5.32 Å². The Hall–Kier alpha value is -3.03. The van der Waals surface area contributed by atoms with Gasteiger partial charge in [0.15, 0.2) is 0 Å². The van der Waals surface area contributed by atoms with Gasteiger partial charge in [-0.2, -0.15) is 13.2 Å². The predicted octanol–water partition coefficient (Wildman–Crippen LogP) is 3.77. The van der Waals surface area contributed by atoms with Gasteiger partial charge in [-0.3, -0.25) is 9.59 Å². The fourth-order valence-electron chi connectivity index (χ4n) is 3.19. The molecule has 0 radical (unpaired) electrons. The van der Waals surface area contributed by atoms with Crippen molar-refractivity contribution in [3.63, 3.8) is 0 Å². The molecule has 2 aromatic rings. The number of alkyl halides is 3. The number of nitrogens with one attached hydrogen (secondary N) is 1. The zero-order chi connectivity index (χ0) is 21.0. The third-order valence-corrected chi connectivity index (χ3v) is 4.68. The zero-order valence-corrected chi connectivity index (χ0v) is 15.8. The summed E-state index contributed by atoms with van der Waals surface area (Å²) in [4.78, 5) is 25.9. The van der Waals surface area contributed by atoms with E-state index in [1.807, 2.05) is 19.1 Å². The molecule has 0 saturated carbocycles. The minimum atomic E-state index is -4.49. The molecule has 2 aromatic carbocycles. The van der Waals surface area contributed by atoms with Crippen LogP contribution in [0, 0.1) is 5.92 Å². The summed E-state index contributed by atoms with van der Waals surface area (Å²) in [5.41, 5.74) is 0.193. The van der Waals surface area contributed by atoms with Crippen LogP contribution in [0.4, 0.5) is 18.9 Å². The van der Waals surface area contributed by atoms with Crippen molar-refractivity contribution in [1.82, 2.24) is 5.32 Å². The molecule has 0 unspecified atom stereocenters. The van der Waals surface area contributed by atoms with Crippen molar-refractivity contribution in [2.75, 3.05) is 18.1 Å². The van der Waals surface area contributed by atoms with E-state index in [0.717, 1.165) is 23.4 Å². The summed E-state index contributed by atoms with van der Waals surface area (Å²) in [6, 6.07) is 11.8. The van der Waals surface area contributed by atoms with E-state index in [1.54, 1.807) is 12.1 Å². The Labute approximate surface area is 166 Å². The maximum atomic E-state index is 12.9. The van der Waals surface area contributed by atoms with E-state index >= 15 is 0 Å². The minimum Gasteiger partial charge on any atom is -0.494 e. The number of hydrogen-bond donors (Lipinski definition) is 1. The average Bonchev–Trinajstić information content (AvgIpc) is 3.09. The summed E-state index contributed by atoms with van der Waals surface area (Å²) >= 11 is 0. The van der Waals surface area contributed by atoms with Crippen LogP contribution in [-0.2, 0) is 22.3 Å². The smallest absolute Gasteiger partial charge is 0.416 e. The van der Waals surface area contributed by atoms with Crippen molar-refractivity contribution >= 4 is 17.5 Å². The quantitative estimate of drug-likeness (QED) is 0.795. The molecule has 1 fully saturated rings. The van der Waals surface area contributed by atoms with Crippen molar-refractivity contribution in [1.29, 1.82) is 0 Å². The first-order valence-corrected chi connectivity index (χ1v) is 9.25. The van der Waals surface area contributed by atoms with Crippen LogP contribution in [0.1, 0.15) is 24.5 Å². The molecule has 1 N–H and O–H groups in total. The van der Waals surface area contributed by atoms with Gasteiger partial charge in [-0.25, -0.2) is 0 Å². The molecule has 8 heteroatoms. The van der Waals surface area contributed by atoms with E-state index in [9.17, 15) is 22.8 Å². The molecule has 0 spiro atoms. The molecule has 0 aromatic heterocycles. The second kappa shape index (κ2) is 8.55. The standard InChI is InChI=1S/C21H21F3N2O3/c1-2-29-18-8-6-14(7-9-18)12-25-20(28)15-10-19(27)26(13-15)17-5-3-4-16(11-17)21(22,23)24/h3-9,11,15H,2,10,12-13H2,1H3,(H,25,28)/t15-/m0/s1. The first kappa shape index (κ1) is 20.7. The third-order valence-electron chi connectivity index (χ3n) is 4.68. The number of ether oxygens (including phenoxy) is 1. The Morgan fingerprint density at radius 2 is 1.93 bits per heavy atom. The monoisotopic (exact) mass is 406 g/mol. The van der Waals surface area contributed by atoms with Crippen molar-refractivity contribution in [3.05, 3.63) is 59.7 Å². The molecule has 3 rings (SSSR count). The first-order chi connectivity index (χ1) is 13.8. The number of halogens is 3. The molecule has 0 aliphatic carbocycles. The van der Waals surface area contributed by atoms with Gasteiger partial charge < -0.3 is 15.0 Å². The predicted molar refractivity (Wildman–Crippen MR) is 101 cm³/mol. The molecular weight excluding hydrogens is 385 g/mol. The Bertz CT molecular complexity index is 881. The van der Waals surface area contributed by atoms with Gasteiger partial charge in [0, 0.05) is 25.2 Å². The van der Waals surface area contributed by atoms with E-state index in [4.69, 9.17) is 4.74 Å². The lowest BCUT2D eigenvalue weighted by atomic mass is 10.1. The van der Waals surface area contributed by atoms with Gasteiger partial charge in [-0.15, -0.1) is 0 Å². The number of anilines is 1. The highest BCUT2D eigenvalue weighted by molar-refractivity contribution is 6.00. The van der Waals surface area contributed by atoms with Gasteiger partial charge in [0.05, 0.1) is 18.1 Å². The van der Waals surface area contributed by atoms with E-state index in [-0.39, 0.29) is 30.5 Å². The van der Waals surface area contributed by atoms with Crippen LogP contribution >= 0.6 is 0 Å². The maximum Gasteiger partial charge on any atom is 0.416 e. The van der Waals surface area contributed by atoms with Gasteiger partial charge in [0.25, 0.3) is 0 Å². The Kier molecular flexibility index (Phi) is 6.10. The summed E-state index contributed by atoms with van der Waals surface area (Å²) in [6.07, 6.45) is -4.53. The maximum absolute atomic E-state index is 12.9. The summed E-state index contributed by atoms with van der Waals surface area (Å²) in [5.74, 6) is -0.548. The highest BCUT2D eigenvalue weighted by atomic mass is 19.4. The van der Waals surface area contributed by atoms with Crippen LogP contribution in [0.15, 0.2) is 48.5 Å². The fourth-order valence-corrected chi connectivity index (χ4v) is 3.19. The molecule has 1 aliphatic heterocycles. The molecule has 5 nitrogen and oxygen atoms in total. The number of benzene rings is 2. The highest BCUT2D eigenvalue weighted by Gasteiger charge is 2.36. The Morgan fingerprint density at radius 3 is 2.59 bits per heavy atom. The molecule has 29 heavy (non-hydrogen) atoms. The number of hydrogen-bond acceptors (Lipinski definition) is 3. The van der Waals surface area contributed by atoms with Gasteiger partial charge >= 0.3 is 6.18 Å².